The van der Waals surface area contributed by atoms with Crippen LogP contribution in [0, 0.1) is 0 Å². The summed E-state index contributed by atoms with van der Waals surface area (Å²) < 4.78 is 31.2. The predicted octanol–water partition coefficient (Wildman–Crippen LogP) is 5.78. The van der Waals surface area contributed by atoms with E-state index in [-0.39, 0.29) is 22.1 Å². The molecule has 0 fully saturated rings. The maximum atomic E-state index is 12.8. The number of halogens is 1. The largest absolute Gasteiger partial charge is 0.508 e. The van der Waals surface area contributed by atoms with Crippen molar-refractivity contribution < 1.29 is 28.2 Å². The second-order valence-corrected chi connectivity index (χ2v) is 12.1. The summed E-state index contributed by atoms with van der Waals surface area (Å²) in [6.45, 7) is 5.71. The first-order valence-electron chi connectivity index (χ1n) is 11.9. The molecule has 0 aliphatic heterocycles. The number of phenols is 1. The minimum Gasteiger partial charge on any atom is -0.508 e. The van der Waals surface area contributed by atoms with Gasteiger partial charge in [0.25, 0.3) is 0 Å². The third kappa shape index (κ3) is 8.21. The summed E-state index contributed by atoms with van der Waals surface area (Å²) in [7, 11) is -3.75. The molecule has 1 amide bonds. The molecule has 0 aromatic heterocycles. The molecule has 3 aromatic rings. The molecule has 3 rings (SSSR count). The molecular weight excluding hydrogens is 514 g/mol. The van der Waals surface area contributed by atoms with Gasteiger partial charge in [-0.25, -0.2) is 13.2 Å². The van der Waals surface area contributed by atoms with Gasteiger partial charge in [-0.2, -0.15) is 0 Å². The van der Waals surface area contributed by atoms with Crippen LogP contribution in [0.15, 0.2) is 82.6 Å². The lowest BCUT2D eigenvalue weighted by Crippen LogP contribution is -2.40. The fourth-order valence-electron chi connectivity index (χ4n) is 3.71. The van der Waals surface area contributed by atoms with Crippen molar-refractivity contribution in [1.29, 1.82) is 0 Å². The highest BCUT2D eigenvalue weighted by Gasteiger charge is 2.25. The van der Waals surface area contributed by atoms with E-state index < -0.39 is 27.6 Å². The second-order valence-electron chi connectivity index (χ2n) is 9.75. The van der Waals surface area contributed by atoms with E-state index in [1.165, 1.54) is 41.3 Å². The highest BCUT2D eigenvalue weighted by molar-refractivity contribution is 7.91. The average molecular weight is 546 g/mol. The first kappa shape index (κ1) is 28.5. The molecule has 7 nitrogen and oxygen atoms in total. The Balaban J connectivity index is 1.66. The Morgan fingerprint density at radius 1 is 1.00 bits per heavy atom. The van der Waals surface area contributed by atoms with Gasteiger partial charge in [-0.15, -0.1) is 0 Å². The highest BCUT2D eigenvalue weighted by atomic mass is 35.5. The van der Waals surface area contributed by atoms with Crippen LogP contribution in [-0.2, 0) is 21.0 Å². The fraction of sp³-hybridized carbons (Fsp3) is 0.321. The number of aryl methyl sites for hydroxylation is 1. The van der Waals surface area contributed by atoms with E-state index in [0.717, 1.165) is 5.56 Å². The molecule has 1 atom stereocenters. The quantitative estimate of drug-likeness (QED) is 0.353. The second kappa shape index (κ2) is 12.0. The van der Waals surface area contributed by atoms with E-state index in [2.05, 4.69) is 0 Å². The molecule has 198 valence electrons. The number of carbonyl (C=O) groups is 1. The number of phenolic OH excluding ortho intramolecular Hbond substituents is 1. The minimum atomic E-state index is -3.75. The molecule has 9 heteroatoms. The van der Waals surface area contributed by atoms with Gasteiger partial charge in [0.1, 0.15) is 11.4 Å². The van der Waals surface area contributed by atoms with Crippen molar-refractivity contribution in [2.45, 2.75) is 55.1 Å². The molecule has 0 aliphatic carbocycles. The van der Waals surface area contributed by atoms with Crippen molar-refractivity contribution >= 4 is 27.5 Å². The van der Waals surface area contributed by atoms with Crippen LogP contribution in [0.2, 0.25) is 5.02 Å². The lowest BCUT2D eigenvalue weighted by Gasteiger charge is -2.29. The first-order valence-corrected chi connectivity index (χ1v) is 13.8. The maximum absolute atomic E-state index is 12.8. The molecule has 0 heterocycles. The van der Waals surface area contributed by atoms with E-state index in [1.54, 1.807) is 57.2 Å². The van der Waals surface area contributed by atoms with Gasteiger partial charge in [0.2, 0.25) is 9.84 Å². The number of amides is 1. The van der Waals surface area contributed by atoms with Crippen LogP contribution in [0.3, 0.4) is 0 Å². The lowest BCUT2D eigenvalue weighted by molar-refractivity contribution is 0.0142. The monoisotopic (exact) mass is 545 g/mol. The zero-order chi connectivity index (χ0) is 27.2. The van der Waals surface area contributed by atoms with Gasteiger partial charge in [-0.3, -0.25) is 0 Å². The normalized spacial score (nSPS) is 12.7. The molecule has 0 unspecified atom stereocenters. The number of nitrogens with zero attached hydrogens (tertiary/aromatic N) is 1. The SMILES string of the molecule is CC(C)(C)OC(=O)N(CCCc1ccc(S(=O)(=O)c2cccc(O)c2)cc1)C[C@H](O)c1cccc(Cl)c1. The van der Waals surface area contributed by atoms with Crippen molar-refractivity contribution in [3.63, 3.8) is 0 Å². The zero-order valence-electron chi connectivity index (χ0n) is 21.1. The summed E-state index contributed by atoms with van der Waals surface area (Å²) in [5, 5.41) is 20.8. The summed E-state index contributed by atoms with van der Waals surface area (Å²) >= 11 is 6.04. The first-order chi connectivity index (χ1) is 17.3. The molecule has 0 spiro atoms. The molecule has 0 saturated heterocycles. The van der Waals surface area contributed by atoms with E-state index in [9.17, 15) is 23.4 Å². The van der Waals surface area contributed by atoms with Crippen molar-refractivity contribution in [1.82, 2.24) is 4.90 Å². The summed E-state index contributed by atoms with van der Waals surface area (Å²) in [4.78, 5) is 14.4. The van der Waals surface area contributed by atoms with E-state index >= 15 is 0 Å². The van der Waals surface area contributed by atoms with Crippen LogP contribution in [0.1, 0.15) is 44.4 Å². The molecule has 3 aromatic carbocycles. The van der Waals surface area contributed by atoms with Crippen LogP contribution in [0.25, 0.3) is 0 Å². The van der Waals surface area contributed by atoms with Gasteiger partial charge in [0.15, 0.2) is 0 Å². The Kier molecular flexibility index (Phi) is 9.23. The predicted molar refractivity (Wildman–Crippen MR) is 143 cm³/mol. The lowest BCUT2D eigenvalue weighted by atomic mass is 10.1. The van der Waals surface area contributed by atoms with Crippen LogP contribution < -0.4 is 0 Å². The summed E-state index contributed by atoms with van der Waals surface area (Å²) in [6.07, 6.45) is -0.312. The van der Waals surface area contributed by atoms with Crippen molar-refractivity contribution in [2.75, 3.05) is 13.1 Å². The van der Waals surface area contributed by atoms with Crippen molar-refractivity contribution in [3.8, 4) is 5.75 Å². The third-order valence-corrected chi connectivity index (χ3v) is 7.54. The minimum absolute atomic E-state index is 0.0199. The van der Waals surface area contributed by atoms with E-state index in [4.69, 9.17) is 16.3 Å². The number of ether oxygens (including phenoxy) is 1. The van der Waals surface area contributed by atoms with Gasteiger partial charge in [-0.1, -0.05) is 41.9 Å². The number of aliphatic hydroxyl groups is 1. The topological polar surface area (TPSA) is 104 Å². The number of hydrogen-bond donors (Lipinski definition) is 2. The Morgan fingerprint density at radius 2 is 1.68 bits per heavy atom. The number of aromatic hydroxyl groups is 1. The van der Waals surface area contributed by atoms with Gasteiger partial charge in [0, 0.05) is 11.6 Å². The van der Waals surface area contributed by atoms with Crippen LogP contribution >= 0.6 is 11.6 Å². The van der Waals surface area contributed by atoms with Gasteiger partial charge >= 0.3 is 6.09 Å². The van der Waals surface area contributed by atoms with Gasteiger partial charge in [0.05, 0.1) is 22.4 Å². The molecule has 0 saturated carbocycles. The molecule has 0 radical (unpaired) electrons. The third-order valence-electron chi connectivity index (χ3n) is 5.53. The molecule has 0 bridgehead atoms. The number of sulfone groups is 1. The smallest absolute Gasteiger partial charge is 0.410 e. The van der Waals surface area contributed by atoms with Crippen LogP contribution in [0.4, 0.5) is 4.79 Å². The summed E-state index contributed by atoms with van der Waals surface area (Å²) in [5.41, 5.74) is 0.812. The zero-order valence-corrected chi connectivity index (χ0v) is 22.7. The van der Waals surface area contributed by atoms with E-state index in [1.807, 2.05) is 0 Å². The average Bonchev–Trinajstić information content (AvgIpc) is 2.82. The number of rotatable bonds is 9. The number of hydrogen-bond acceptors (Lipinski definition) is 6. The molecule has 37 heavy (non-hydrogen) atoms. The summed E-state index contributed by atoms with van der Waals surface area (Å²) in [6, 6.07) is 18.9. The van der Waals surface area contributed by atoms with E-state index in [0.29, 0.717) is 30.0 Å². The standard InChI is InChI=1S/C28H32ClNO6S/c1-28(2,3)36-27(33)30(19-26(32)21-8-4-9-22(29)17-21)16-6-7-20-12-14-24(15-13-20)37(34,35)25-11-5-10-23(31)18-25/h4-5,8-15,17-18,26,31-32H,6-7,16,19H2,1-3H3/t26-/m0/s1. The number of aliphatic hydroxyl groups excluding tert-OH is 1. The number of benzene rings is 3. The Hall–Kier alpha value is -3.07. The van der Waals surface area contributed by atoms with Gasteiger partial charge < -0.3 is 19.8 Å². The molecule has 0 aliphatic rings. The van der Waals surface area contributed by atoms with Crippen LogP contribution in [-0.4, -0.2) is 48.3 Å². The van der Waals surface area contributed by atoms with Crippen molar-refractivity contribution in [3.05, 3.63) is 88.9 Å². The van der Waals surface area contributed by atoms with Crippen LogP contribution in [0.5, 0.6) is 5.75 Å². The highest BCUT2D eigenvalue weighted by Crippen LogP contribution is 2.25. The molecule has 2 N–H and O–H groups in total. The maximum Gasteiger partial charge on any atom is 0.410 e. The van der Waals surface area contributed by atoms with Gasteiger partial charge in [-0.05, 0) is 87.2 Å². The fourth-order valence-corrected chi connectivity index (χ4v) is 5.21. The Bertz CT molecular complexity index is 1320. The Morgan fingerprint density at radius 3 is 2.30 bits per heavy atom. The summed E-state index contributed by atoms with van der Waals surface area (Å²) in [5.74, 6) is -0.118. The van der Waals surface area contributed by atoms with Crippen molar-refractivity contribution in [2.24, 2.45) is 0 Å². The number of carbonyl (C=O) groups excluding carboxylic acids is 1. The molecular formula is C28H32ClNO6S. The Labute approximate surface area is 223 Å².